The molecule has 0 atom stereocenters. The summed E-state index contributed by atoms with van der Waals surface area (Å²) in [4.78, 5) is 0. The normalized spacial score (nSPS) is 10.9. The molecule has 0 saturated carbocycles. The second-order valence-corrected chi connectivity index (χ2v) is 6.64. The van der Waals surface area contributed by atoms with E-state index in [1.807, 2.05) is 55.6 Å². The molecular weight excluding hydrogens is 417 g/mol. The first kappa shape index (κ1) is 23.6. The lowest BCUT2D eigenvalue weighted by molar-refractivity contribution is 0.00751. The Labute approximate surface area is 186 Å². The Morgan fingerprint density at radius 3 is 2.06 bits per heavy atom. The van der Waals surface area contributed by atoms with Crippen molar-refractivity contribution in [3.8, 4) is 28.7 Å². The molecule has 0 bridgehead atoms. The number of benzene rings is 2. The number of ether oxygens (including phenoxy) is 4. The standard InChI is InChI=1S/C23H28FN3O5/c1-25-20-7-5-18(6-8-20)22-26-27-23(32-22)19-3-2-4-21(17-19)31-16-15-30-14-13-29-12-11-28-10-9-24/h2-8,17,25H,9-16H2,1H3. The van der Waals surface area contributed by atoms with E-state index in [4.69, 9.17) is 23.4 Å². The van der Waals surface area contributed by atoms with Gasteiger partial charge in [0.25, 0.3) is 0 Å². The highest BCUT2D eigenvalue weighted by atomic mass is 19.1. The van der Waals surface area contributed by atoms with Crippen molar-refractivity contribution in [1.29, 1.82) is 0 Å². The van der Waals surface area contributed by atoms with Crippen LogP contribution in [-0.4, -0.2) is 70.2 Å². The summed E-state index contributed by atoms with van der Waals surface area (Å²) in [6, 6.07) is 15.2. The summed E-state index contributed by atoms with van der Waals surface area (Å²) in [6.45, 7) is 2.16. The minimum atomic E-state index is -0.479. The van der Waals surface area contributed by atoms with Gasteiger partial charge in [-0.3, -0.25) is 0 Å². The topological polar surface area (TPSA) is 87.9 Å². The second-order valence-electron chi connectivity index (χ2n) is 6.64. The molecule has 1 N–H and O–H groups in total. The van der Waals surface area contributed by atoms with Crippen LogP contribution in [0.5, 0.6) is 5.75 Å². The summed E-state index contributed by atoms with van der Waals surface area (Å²) >= 11 is 0. The minimum Gasteiger partial charge on any atom is -0.491 e. The number of nitrogens with zero attached hydrogens (tertiary/aromatic N) is 2. The van der Waals surface area contributed by atoms with E-state index in [-0.39, 0.29) is 6.61 Å². The van der Waals surface area contributed by atoms with Gasteiger partial charge < -0.3 is 28.7 Å². The lowest BCUT2D eigenvalue weighted by atomic mass is 10.2. The molecule has 3 rings (SSSR count). The van der Waals surface area contributed by atoms with Crippen LogP contribution in [0.1, 0.15) is 0 Å². The molecule has 3 aromatic rings. The van der Waals surface area contributed by atoms with Gasteiger partial charge in [-0.15, -0.1) is 10.2 Å². The predicted octanol–water partition coefficient (Wildman–Crippen LogP) is 3.84. The van der Waals surface area contributed by atoms with Crippen LogP contribution in [0.25, 0.3) is 22.9 Å². The monoisotopic (exact) mass is 445 g/mol. The molecule has 0 aliphatic rings. The third kappa shape index (κ3) is 7.60. The number of aromatic nitrogens is 2. The fourth-order valence-electron chi connectivity index (χ4n) is 2.77. The maximum atomic E-state index is 11.8. The lowest BCUT2D eigenvalue weighted by Crippen LogP contribution is -2.13. The Hall–Kier alpha value is -3.01. The smallest absolute Gasteiger partial charge is 0.248 e. The summed E-state index contributed by atoms with van der Waals surface area (Å²) in [5.74, 6) is 1.57. The Morgan fingerprint density at radius 1 is 0.781 bits per heavy atom. The molecule has 0 spiro atoms. The number of alkyl halides is 1. The summed E-state index contributed by atoms with van der Waals surface area (Å²) in [5, 5.41) is 11.4. The molecule has 0 amide bonds. The molecule has 172 valence electrons. The van der Waals surface area contributed by atoms with Gasteiger partial charge in [0.1, 0.15) is 19.0 Å². The molecule has 1 aromatic heterocycles. The largest absolute Gasteiger partial charge is 0.491 e. The van der Waals surface area contributed by atoms with Crippen molar-refractivity contribution in [3.05, 3.63) is 48.5 Å². The maximum absolute atomic E-state index is 11.8. The average molecular weight is 445 g/mol. The average Bonchev–Trinajstić information content (AvgIpc) is 3.33. The molecule has 2 aromatic carbocycles. The molecule has 0 fully saturated rings. The Morgan fingerprint density at radius 2 is 1.41 bits per heavy atom. The van der Waals surface area contributed by atoms with E-state index in [1.54, 1.807) is 0 Å². The number of anilines is 1. The third-order valence-corrected chi connectivity index (χ3v) is 4.39. The number of halogens is 1. The molecule has 1 heterocycles. The Kier molecular flexibility index (Phi) is 9.91. The minimum absolute atomic E-state index is 0.108. The van der Waals surface area contributed by atoms with E-state index in [2.05, 4.69) is 15.5 Å². The van der Waals surface area contributed by atoms with Crippen molar-refractivity contribution in [1.82, 2.24) is 10.2 Å². The molecule has 0 saturated heterocycles. The molecule has 0 aliphatic heterocycles. The van der Waals surface area contributed by atoms with Crippen LogP contribution >= 0.6 is 0 Å². The summed E-state index contributed by atoms with van der Waals surface area (Å²) < 4.78 is 39.2. The van der Waals surface area contributed by atoms with Gasteiger partial charge in [-0.2, -0.15) is 0 Å². The van der Waals surface area contributed by atoms with Crippen LogP contribution in [0.15, 0.2) is 52.9 Å². The molecule has 0 radical (unpaired) electrons. The van der Waals surface area contributed by atoms with Crippen molar-refractivity contribution in [2.24, 2.45) is 0 Å². The SMILES string of the molecule is CNc1ccc(-c2nnc(-c3cccc(OCCOCCOCCOCCF)c3)o2)cc1. The van der Waals surface area contributed by atoms with Crippen LogP contribution < -0.4 is 10.1 Å². The van der Waals surface area contributed by atoms with Crippen LogP contribution in [-0.2, 0) is 14.2 Å². The van der Waals surface area contributed by atoms with Gasteiger partial charge in [0.2, 0.25) is 11.8 Å². The van der Waals surface area contributed by atoms with Gasteiger partial charge in [0.05, 0.1) is 39.6 Å². The summed E-state index contributed by atoms with van der Waals surface area (Å²) in [7, 11) is 1.87. The first-order chi connectivity index (χ1) is 15.8. The van der Waals surface area contributed by atoms with Crippen LogP contribution in [0, 0.1) is 0 Å². The fraction of sp³-hybridized carbons (Fsp3) is 0.391. The maximum Gasteiger partial charge on any atom is 0.248 e. The van der Waals surface area contributed by atoms with Gasteiger partial charge in [-0.25, -0.2) is 4.39 Å². The number of hydrogen-bond donors (Lipinski definition) is 1. The predicted molar refractivity (Wildman–Crippen MR) is 119 cm³/mol. The lowest BCUT2D eigenvalue weighted by Gasteiger charge is -2.08. The van der Waals surface area contributed by atoms with E-state index in [9.17, 15) is 4.39 Å². The van der Waals surface area contributed by atoms with Gasteiger partial charge in [-0.05, 0) is 42.5 Å². The number of rotatable bonds is 15. The van der Waals surface area contributed by atoms with E-state index in [1.165, 1.54) is 0 Å². The molecule has 8 nitrogen and oxygen atoms in total. The quantitative estimate of drug-likeness (QED) is 0.353. The van der Waals surface area contributed by atoms with E-state index >= 15 is 0 Å². The second kappa shape index (κ2) is 13.4. The van der Waals surface area contributed by atoms with Crippen molar-refractivity contribution in [2.45, 2.75) is 0 Å². The highest BCUT2D eigenvalue weighted by Crippen LogP contribution is 2.27. The third-order valence-electron chi connectivity index (χ3n) is 4.39. The fourth-order valence-corrected chi connectivity index (χ4v) is 2.77. The van der Waals surface area contributed by atoms with Gasteiger partial charge >= 0.3 is 0 Å². The van der Waals surface area contributed by atoms with Crippen molar-refractivity contribution in [2.75, 3.05) is 65.3 Å². The number of hydrogen-bond acceptors (Lipinski definition) is 8. The van der Waals surface area contributed by atoms with Crippen molar-refractivity contribution in [3.63, 3.8) is 0 Å². The zero-order chi connectivity index (χ0) is 22.4. The van der Waals surface area contributed by atoms with Gasteiger partial charge in [-0.1, -0.05) is 6.07 Å². The first-order valence-electron chi connectivity index (χ1n) is 10.4. The summed E-state index contributed by atoms with van der Waals surface area (Å²) in [6.07, 6.45) is 0. The molecular formula is C23H28FN3O5. The highest BCUT2D eigenvalue weighted by Gasteiger charge is 2.11. The van der Waals surface area contributed by atoms with Crippen LogP contribution in [0.2, 0.25) is 0 Å². The van der Waals surface area contributed by atoms with Gasteiger partial charge in [0, 0.05) is 23.9 Å². The molecule has 0 aliphatic carbocycles. The van der Waals surface area contributed by atoms with Crippen LogP contribution in [0.4, 0.5) is 10.1 Å². The number of nitrogens with one attached hydrogen (secondary N) is 1. The first-order valence-corrected chi connectivity index (χ1v) is 10.4. The Balaban J connectivity index is 1.39. The van der Waals surface area contributed by atoms with Gasteiger partial charge in [0.15, 0.2) is 0 Å². The van der Waals surface area contributed by atoms with Crippen molar-refractivity contribution < 1.29 is 27.8 Å². The molecule has 0 unspecified atom stereocenters. The molecule has 9 heteroatoms. The van der Waals surface area contributed by atoms with E-state index in [0.29, 0.717) is 57.2 Å². The van der Waals surface area contributed by atoms with E-state index < -0.39 is 6.67 Å². The van der Waals surface area contributed by atoms with Crippen LogP contribution in [0.3, 0.4) is 0 Å². The highest BCUT2D eigenvalue weighted by molar-refractivity contribution is 5.61. The zero-order valence-electron chi connectivity index (χ0n) is 18.1. The Bertz CT molecular complexity index is 920. The van der Waals surface area contributed by atoms with E-state index in [0.717, 1.165) is 16.8 Å². The summed E-state index contributed by atoms with van der Waals surface area (Å²) in [5.41, 5.74) is 2.63. The zero-order valence-corrected chi connectivity index (χ0v) is 18.1. The molecule has 32 heavy (non-hydrogen) atoms. The van der Waals surface area contributed by atoms with Crippen molar-refractivity contribution >= 4 is 5.69 Å².